The van der Waals surface area contributed by atoms with Crippen LogP contribution >= 0.6 is 0 Å². The van der Waals surface area contributed by atoms with Crippen LogP contribution in [0.4, 0.5) is 34.1 Å². The molecule has 0 amide bonds. The van der Waals surface area contributed by atoms with Crippen LogP contribution in [0, 0.1) is 0 Å². The van der Waals surface area contributed by atoms with Crippen LogP contribution in [0.1, 0.15) is 22.3 Å². The molecule has 340 valence electrons. The Balaban J connectivity index is 0.929. The van der Waals surface area contributed by atoms with E-state index < -0.39 is 5.41 Å². The Labute approximate surface area is 420 Å². The second-order valence-corrected chi connectivity index (χ2v) is 18.6. The van der Waals surface area contributed by atoms with Gasteiger partial charge >= 0.3 is 0 Å². The number of aromatic hydroxyl groups is 1. The fourth-order valence-electron chi connectivity index (χ4n) is 11.3. The molecule has 1 aliphatic carbocycles. The molecule has 3 nitrogen and oxygen atoms in total. The van der Waals surface area contributed by atoms with Crippen molar-refractivity contribution < 1.29 is 5.11 Å². The van der Waals surface area contributed by atoms with E-state index in [-0.39, 0.29) is 5.75 Å². The van der Waals surface area contributed by atoms with Gasteiger partial charge in [0, 0.05) is 33.5 Å². The average Bonchev–Trinajstić information content (AvgIpc) is 3.74. The number of para-hydroxylation sites is 2. The third kappa shape index (κ3) is 7.21. The van der Waals surface area contributed by atoms with Gasteiger partial charge < -0.3 is 14.9 Å². The molecule has 0 unspecified atom stereocenters. The van der Waals surface area contributed by atoms with E-state index in [1.165, 1.54) is 43.8 Å². The highest BCUT2D eigenvalue weighted by atomic mass is 16.3. The summed E-state index contributed by atoms with van der Waals surface area (Å²) in [4.78, 5) is 4.71. The lowest BCUT2D eigenvalue weighted by molar-refractivity contribution is 0.475. The number of phenols is 1. The molecule has 0 fully saturated rings. The number of hydrogen-bond donors (Lipinski definition) is 1. The lowest BCUT2D eigenvalue weighted by Crippen LogP contribution is -2.28. The molecule has 0 saturated heterocycles. The number of nitrogens with zero attached hydrogens (tertiary/aromatic N) is 2. The molecule has 1 aliphatic rings. The van der Waals surface area contributed by atoms with Crippen molar-refractivity contribution >= 4 is 55.7 Å². The van der Waals surface area contributed by atoms with Gasteiger partial charge in [-0.1, -0.05) is 200 Å². The smallest absolute Gasteiger partial charge is 0.115 e. The summed E-state index contributed by atoms with van der Waals surface area (Å²) in [6.07, 6.45) is 0. The molecule has 72 heavy (non-hydrogen) atoms. The number of fused-ring (bicyclic) bond motifs is 5. The molecule has 12 aromatic rings. The third-order valence-corrected chi connectivity index (χ3v) is 14.6. The zero-order valence-electron chi connectivity index (χ0n) is 39.5. The fourth-order valence-corrected chi connectivity index (χ4v) is 11.3. The summed E-state index contributed by atoms with van der Waals surface area (Å²) >= 11 is 0. The molecule has 13 rings (SSSR count). The van der Waals surface area contributed by atoms with Crippen LogP contribution in [0.2, 0.25) is 0 Å². The Bertz CT molecular complexity index is 3680. The number of rotatable bonds is 10. The molecule has 0 aromatic heterocycles. The maximum atomic E-state index is 10.7. The first-order valence-electron chi connectivity index (χ1n) is 24.6. The standard InChI is InChI=1S/C69H48N2O/c72-60-42-36-55(37-43-60)69(54-20-4-1-5-21-54)65-46-52(48-30-38-58(39-31-48)70(56-22-6-2-7-23-56)67-28-14-18-50-16-10-12-26-61(50)67)34-44-63(65)64-45-35-53(47-66(64)69)49-32-40-59(41-33-49)71(57-24-8-3-9-25-57)68-29-15-19-51-17-11-13-27-62(51)68/h1-47,72H. The van der Waals surface area contributed by atoms with Gasteiger partial charge in [-0.15, -0.1) is 0 Å². The van der Waals surface area contributed by atoms with E-state index in [2.05, 4.69) is 283 Å². The summed E-state index contributed by atoms with van der Waals surface area (Å²) in [5, 5.41) is 15.5. The van der Waals surface area contributed by atoms with E-state index in [0.717, 1.165) is 67.5 Å². The van der Waals surface area contributed by atoms with E-state index in [9.17, 15) is 5.11 Å². The van der Waals surface area contributed by atoms with Gasteiger partial charge in [0.1, 0.15) is 5.75 Å². The molecule has 0 bridgehead atoms. The minimum atomic E-state index is -0.692. The minimum absolute atomic E-state index is 0.240. The first kappa shape index (κ1) is 42.6. The van der Waals surface area contributed by atoms with E-state index >= 15 is 0 Å². The van der Waals surface area contributed by atoms with Crippen LogP contribution in [-0.2, 0) is 5.41 Å². The molecule has 0 heterocycles. The SMILES string of the molecule is Oc1ccc(C2(c3ccccc3)c3cc(-c4ccc(N(c5ccccc5)c5cccc6ccccc56)cc4)ccc3-c3ccc(-c4ccc(N(c5ccccc5)c5cccc6ccccc56)cc4)cc32)cc1. The van der Waals surface area contributed by atoms with Crippen LogP contribution in [0.15, 0.2) is 285 Å². The molecule has 0 saturated carbocycles. The molecule has 0 aliphatic heterocycles. The summed E-state index contributed by atoms with van der Waals surface area (Å²) in [7, 11) is 0. The van der Waals surface area contributed by atoms with Gasteiger partial charge in [0.25, 0.3) is 0 Å². The van der Waals surface area contributed by atoms with E-state index in [4.69, 9.17) is 0 Å². The van der Waals surface area contributed by atoms with E-state index in [0.29, 0.717) is 0 Å². The van der Waals surface area contributed by atoms with Crippen LogP contribution in [-0.4, -0.2) is 5.11 Å². The first-order valence-corrected chi connectivity index (χ1v) is 24.6. The maximum absolute atomic E-state index is 10.7. The lowest BCUT2D eigenvalue weighted by atomic mass is 9.67. The second kappa shape index (κ2) is 17.8. The summed E-state index contributed by atoms with van der Waals surface area (Å²) in [6, 6.07) is 102. The topological polar surface area (TPSA) is 26.7 Å². The van der Waals surface area contributed by atoms with Crippen molar-refractivity contribution in [2.45, 2.75) is 5.41 Å². The lowest BCUT2D eigenvalue weighted by Gasteiger charge is -2.34. The minimum Gasteiger partial charge on any atom is -0.508 e. The van der Waals surface area contributed by atoms with Crippen molar-refractivity contribution in [2.24, 2.45) is 0 Å². The van der Waals surface area contributed by atoms with E-state index in [1.807, 2.05) is 12.1 Å². The fraction of sp³-hybridized carbons (Fsp3) is 0.0145. The van der Waals surface area contributed by atoms with Gasteiger partial charge in [-0.25, -0.2) is 0 Å². The van der Waals surface area contributed by atoms with Crippen molar-refractivity contribution in [3.05, 3.63) is 307 Å². The van der Waals surface area contributed by atoms with Crippen molar-refractivity contribution in [1.29, 1.82) is 0 Å². The molecule has 3 heteroatoms. The van der Waals surface area contributed by atoms with Crippen LogP contribution < -0.4 is 9.80 Å². The molecular weight excluding hydrogens is 873 g/mol. The Hall–Kier alpha value is -9.44. The number of hydrogen-bond acceptors (Lipinski definition) is 3. The Morgan fingerprint density at radius 3 is 1.10 bits per heavy atom. The van der Waals surface area contributed by atoms with Gasteiger partial charge in [0.05, 0.1) is 16.8 Å². The monoisotopic (exact) mass is 920 g/mol. The summed E-state index contributed by atoms with van der Waals surface area (Å²) in [6.45, 7) is 0. The molecule has 12 aromatic carbocycles. The maximum Gasteiger partial charge on any atom is 0.115 e. The van der Waals surface area contributed by atoms with Crippen LogP contribution in [0.25, 0.3) is 54.9 Å². The van der Waals surface area contributed by atoms with Gasteiger partial charge in [-0.2, -0.15) is 0 Å². The number of anilines is 6. The Morgan fingerprint density at radius 2 is 0.639 bits per heavy atom. The highest BCUT2D eigenvalue weighted by Crippen LogP contribution is 2.58. The molecule has 0 radical (unpaired) electrons. The Kier molecular flexibility index (Phi) is 10.6. The predicted octanol–water partition coefficient (Wildman–Crippen LogP) is 18.3. The zero-order chi connectivity index (χ0) is 48.0. The summed E-state index contributed by atoms with van der Waals surface area (Å²) < 4.78 is 0. The third-order valence-electron chi connectivity index (χ3n) is 14.6. The summed E-state index contributed by atoms with van der Waals surface area (Å²) in [5.41, 5.74) is 17.5. The highest BCUT2D eigenvalue weighted by molar-refractivity contribution is 6.00. The predicted molar refractivity (Wildman–Crippen MR) is 301 cm³/mol. The average molecular weight is 921 g/mol. The second-order valence-electron chi connectivity index (χ2n) is 18.6. The summed E-state index contributed by atoms with van der Waals surface area (Å²) in [5.74, 6) is 0.240. The van der Waals surface area contributed by atoms with E-state index in [1.54, 1.807) is 0 Å². The van der Waals surface area contributed by atoms with Crippen LogP contribution in [0.5, 0.6) is 5.75 Å². The largest absolute Gasteiger partial charge is 0.508 e. The van der Waals surface area contributed by atoms with Crippen molar-refractivity contribution in [3.63, 3.8) is 0 Å². The first-order chi connectivity index (χ1) is 35.6. The number of benzene rings is 12. The Morgan fingerprint density at radius 1 is 0.278 bits per heavy atom. The normalized spacial score (nSPS) is 12.3. The highest BCUT2D eigenvalue weighted by Gasteiger charge is 2.46. The molecule has 1 N–H and O–H groups in total. The molecular formula is C69H48N2O. The van der Waals surface area contributed by atoms with Crippen molar-refractivity contribution in [2.75, 3.05) is 9.80 Å². The van der Waals surface area contributed by atoms with Gasteiger partial charge in [-0.3, -0.25) is 0 Å². The van der Waals surface area contributed by atoms with Gasteiger partial charge in [0.15, 0.2) is 0 Å². The number of phenolic OH excluding ortho intramolecular Hbond substituents is 1. The van der Waals surface area contributed by atoms with Crippen molar-refractivity contribution in [1.82, 2.24) is 0 Å². The van der Waals surface area contributed by atoms with Crippen molar-refractivity contribution in [3.8, 4) is 39.1 Å². The van der Waals surface area contributed by atoms with Gasteiger partial charge in [0.2, 0.25) is 0 Å². The molecule has 0 atom stereocenters. The quantitative estimate of drug-likeness (QED) is 0.148. The van der Waals surface area contributed by atoms with Crippen LogP contribution in [0.3, 0.4) is 0 Å². The zero-order valence-corrected chi connectivity index (χ0v) is 39.5. The van der Waals surface area contributed by atoms with Gasteiger partial charge in [-0.05, 0) is 151 Å². The molecule has 0 spiro atoms.